The summed E-state index contributed by atoms with van der Waals surface area (Å²) in [5.41, 5.74) is 5.47. The van der Waals surface area contributed by atoms with Crippen LogP contribution in [-0.4, -0.2) is 56.9 Å². The van der Waals surface area contributed by atoms with Crippen LogP contribution < -0.4 is 11.4 Å². The van der Waals surface area contributed by atoms with Gasteiger partial charge in [-0.2, -0.15) is 16.9 Å². The van der Waals surface area contributed by atoms with E-state index in [1.165, 1.54) is 27.1 Å². The number of rotatable bonds is 6. The second kappa shape index (κ2) is 9.90. The molecule has 0 saturated carbocycles. The van der Waals surface area contributed by atoms with Gasteiger partial charge < -0.3 is 5.73 Å². The first-order valence-corrected chi connectivity index (χ1v) is 10.6. The standard InChI is InChI=1S/C18H22FN5OS2/c19-10-15(11-20)12-24-18(25)23(14-21-24)13-17-4-3-16(27-17)2-1-5-22-6-8-26-9-7-22/h3-4,10,14H,5-9,11-13,20H2/b15-10+. The molecule has 0 atom stereocenters. The molecule has 27 heavy (non-hydrogen) atoms. The Bertz CT molecular complexity index is 899. The maximum Gasteiger partial charge on any atom is 0.346 e. The minimum absolute atomic E-state index is 0.0546. The molecular weight excluding hydrogens is 385 g/mol. The van der Waals surface area contributed by atoms with E-state index in [2.05, 4.69) is 21.8 Å². The molecule has 0 amide bonds. The smallest absolute Gasteiger partial charge is 0.327 e. The Hall–Kier alpha value is -1.86. The number of thioether (sulfide) groups is 1. The fourth-order valence-corrected chi connectivity index (χ4v) is 4.48. The Balaban J connectivity index is 1.59. The van der Waals surface area contributed by atoms with E-state index in [1.54, 1.807) is 11.3 Å². The topological polar surface area (TPSA) is 69.1 Å². The van der Waals surface area contributed by atoms with Crippen LogP contribution in [0.4, 0.5) is 4.39 Å². The predicted molar refractivity (Wildman–Crippen MR) is 109 cm³/mol. The third-order valence-corrected chi connectivity index (χ3v) is 6.10. The van der Waals surface area contributed by atoms with Crippen molar-refractivity contribution >= 4 is 23.1 Å². The number of thiophene rings is 1. The van der Waals surface area contributed by atoms with Crippen LogP contribution in [0, 0.1) is 11.8 Å². The Morgan fingerprint density at radius 1 is 1.37 bits per heavy atom. The zero-order chi connectivity index (χ0) is 19.1. The zero-order valence-electron chi connectivity index (χ0n) is 14.9. The predicted octanol–water partition coefficient (Wildman–Crippen LogP) is 1.37. The van der Waals surface area contributed by atoms with Gasteiger partial charge in [-0.25, -0.2) is 13.9 Å². The van der Waals surface area contributed by atoms with Crippen LogP contribution in [0.15, 0.2) is 35.2 Å². The van der Waals surface area contributed by atoms with Crippen LogP contribution in [0.2, 0.25) is 0 Å². The van der Waals surface area contributed by atoms with E-state index in [0.717, 1.165) is 29.4 Å². The summed E-state index contributed by atoms with van der Waals surface area (Å²) in [5.74, 6) is 8.81. The van der Waals surface area contributed by atoms with Crippen LogP contribution in [0.3, 0.4) is 0 Å². The SMILES string of the molecule is NC/C(=C\F)Cn1ncn(Cc2ccc(C#CCN3CCSCC3)s2)c1=O. The van der Waals surface area contributed by atoms with Gasteiger partial charge in [0.05, 0.1) is 30.8 Å². The number of nitrogens with zero attached hydrogens (tertiary/aromatic N) is 4. The molecule has 2 N–H and O–H groups in total. The van der Waals surface area contributed by atoms with Crippen LogP contribution in [0.25, 0.3) is 0 Å². The molecule has 0 radical (unpaired) electrons. The summed E-state index contributed by atoms with van der Waals surface area (Å²) >= 11 is 3.56. The molecule has 1 fully saturated rings. The van der Waals surface area contributed by atoms with Crippen molar-refractivity contribution in [3.8, 4) is 11.8 Å². The normalized spacial score (nSPS) is 15.6. The highest BCUT2D eigenvalue weighted by Crippen LogP contribution is 2.16. The van der Waals surface area contributed by atoms with E-state index in [4.69, 9.17) is 5.73 Å². The molecule has 3 heterocycles. The summed E-state index contributed by atoms with van der Waals surface area (Å²) in [5, 5.41) is 4.03. The highest BCUT2D eigenvalue weighted by Gasteiger charge is 2.09. The Morgan fingerprint density at radius 3 is 2.93 bits per heavy atom. The first-order chi connectivity index (χ1) is 13.2. The van der Waals surface area contributed by atoms with E-state index >= 15 is 0 Å². The van der Waals surface area contributed by atoms with Gasteiger partial charge in [-0.15, -0.1) is 11.3 Å². The molecule has 1 saturated heterocycles. The molecule has 3 rings (SSSR count). The quantitative estimate of drug-likeness (QED) is 0.733. The van der Waals surface area contributed by atoms with E-state index < -0.39 is 0 Å². The number of halogens is 1. The average Bonchev–Trinajstić information content (AvgIpc) is 3.28. The highest BCUT2D eigenvalue weighted by molar-refractivity contribution is 7.99. The lowest BCUT2D eigenvalue weighted by atomic mass is 10.3. The van der Waals surface area contributed by atoms with Gasteiger partial charge in [0, 0.05) is 36.0 Å². The van der Waals surface area contributed by atoms with Crippen LogP contribution in [0.1, 0.15) is 9.75 Å². The largest absolute Gasteiger partial charge is 0.346 e. The second-order valence-electron chi connectivity index (χ2n) is 6.13. The zero-order valence-corrected chi connectivity index (χ0v) is 16.6. The molecule has 1 aliphatic rings. The summed E-state index contributed by atoms with van der Waals surface area (Å²) in [6, 6.07) is 3.95. The summed E-state index contributed by atoms with van der Waals surface area (Å²) in [4.78, 5) is 16.7. The van der Waals surface area contributed by atoms with Gasteiger partial charge in [-0.3, -0.25) is 9.47 Å². The van der Waals surface area contributed by atoms with Crippen molar-refractivity contribution < 1.29 is 4.39 Å². The number of hydrogen-bond donors (Lipinski definition) is 1. The van der Waals surface area contributed by atoms with Crippen LogP contribution in [0.5, 0.6) is 0 Å². The van der Waals surface area contributed by atoms with Crippen LogP contribution >= 0.6 is 23.1 Å². The third-order valence-electron chi connectivity index (χ3n) is 4.17. The minimum atomic E-state index is -0.285. The van der Waals surface area contributed by atoms with E-state index in [-0.39, 0.29) is 18.8 Å². The van der Waals surface area contributed by atoms with Crippen molar-refractivity contribution in [1.82, 2.24) is 19.2 Å². The monoisotopic (exact) mass is 407 g/mol. The highest BCUT2D eigenvalue weighted by atomic mass is 32.2. The number of nitrogens with two attached hydrogens (primary N) is 1. The molecule has 144 valence electrons. The minimum Gasteiger partial charge on any atom is -0.327 e. The molecule has 0 spiro atoms. The Morgan fingerprint density at radius 2 is 2.19 bits per heavy atom. The fourth-order valence-electron chi connectivity index (χ4n) is 2.62. The lowest BCUT2D eigenvalue weighted by Crippen LogP contribution is -2.32. The van der Waals surface area contributed by atoms with Crippen molar-refractivity contribution in [2.24, 2.45) is 5.73 Å². The van der Waals surface area contributed by atoms with Gasteiger partial charge in [0.25, 0.3) is 0 Å². The molecule has 2 aromatic heterocycles. The number of hydrogen-bond acceptors (Lipinski definition) is 6. The van der Waals surface area contributed by atoms with Gasteiger partial charge in [0.15, 0.2) is 0 Å². The Kier molecular flexibility index (Phi) is 7.29. The summed E-state index contributed by atoms with van der Waals surface area (Å²) in [6.45, 7) is 3.54. The summed E-state index contributed by atoms with van der Waals surface area (Å²) < 4.78 is 15.4. The Labute approximate surface area is 165 Å². The molecule has 0 bridgehead atoms. The van der Waals surface area contributed by atoms with Gasteiger partial charge in [0.1, 0.15) is 6.33 Å². The lowest BCUT2D eigenvalue weighted by molar-refractivity contribution is 0.341. The third kappa shape index (κ3) is 5.56. The summed E-state index contributed by atoms with van der Waals surface area (Å²) in [7, 11) is 0. The lowest BCUT2D eigenvalue weighted by Gasteiger charge is -2.23. The van der Waals surface area contributed by atoms with E-state index in [0.29, 0.717) is 18.4 Å². The molecule has 6 nitrogen and oxygen atoms in total. The molecule has 1 aliphatic heterocycles. The number of aromatic nitrogens is 3. The average molecular weight is 408 g/mol. The van der Waals surface area contributed by atoms with Crippen molar-refractivity contribution in [3.05, 3.63) is 50.6 Å². The van der Waals surface area contributed by atoms with E-state index in [9.17, 15) is 9.18 Å². The van der Waals surface area contributed by atoms with Crippen molar-refractivity contribution in [1.29, 1.82) is 0 Å². The van der Waals surface area contributed by atoms with E-state index in [1.807, 2.05) is 23.9 Å². The van der Waals surface area contributed by atoms with Crippen molar-refractivity contribution in [2.75, 3.05) is 37.7 Å². The summed E-state index contributed by atoms with van der Waals surface area (Å²) in [6.07, 6.45) is 1.90. The maximum atomic E-state index is 12.6. The molecule has 9 heteroatoms. The fraction of sp³-hybridized carbons (Fsp3) is 0.444. The maximum absolute atomic E-state index is 12.6. The second-order valence-corrected chi connectivity index (χ2v) is 8.52. The molecule has 0 aliphatic carbocycles. The first-order valence-electron chi connectivity index (χ1n) is 8.67. The van der Waals surface area contributed by atoms with Gasteiger partial charge in [-0.05, 0) is 17.7 Å². The molecule has 0 aromatic carbocycles. The van der Waals surface area contributed by atoms with Gasteiger partial charge >= 0.3 is 5.69 Å². The van der Waals surface area contributed by atoms with Crippen LogP contribution in [-0.2, 0) is 13.1 Å². The van der Waals surface area contributed by atoms with Gasteiger partial charge in [0.2, 0.25) is 0 Å². The van der Waals surface area contributed by atoms with Crippen molar-refractivity contribution in [2.45, 2.75) is 13.1 Å². The van der Waals surface area contributed by atoms with Gasteiger partial charge in [-0.1, -0.05) is 11.8 Å². The first kappa shape index (κ1) is 19.9. The molecule has 0 unspecified atom stereocenters. The molecular formula is C18H22FN5OS2. The van der Waals surface area contributed by atoms with Crippen molar-refractivity contribution in [3.63, 3.8) is 0 Å². The molecule has 2 aromatic rings.